The molecule has 5 heteroatoms. The number of alkyl halides is 2. The summed E-state index contributed by atoms with van der Waals surface area (Å²) in [6.45, 7) is 0. The third-order valence-corrected chi connectivity index (χ3v) is 1.26. The van der Waals surface area contributed by atoms with E-state index in [0.29, 0.717) is 5.56 Å². The molecule has 0 spiro atoms. The Kier molecular flexibility index (Phi) is 2.70. The van der Waals surface area contributed by atoms with Gasteiger partial charge >= 0.3 is 0 Å². The van der Waals surface area contributed by atoms with E-state index in [0.717, 1.165) is 0 Å². The van der Waals surface area contributed by atoms with E-state index < -0.39 is 6.43 Å². The lowest BCUT2D eigenvalue weighted by molar-refractivity contribution is 0.149. The smallest absolute Gasteiger partial charge is 0.226 e. The highest BCUT2D eigenvalue weighted by atomic mass is 35.5. The van der Waals surface area contributed by atoms with Crippen molar-refractivity contribution in [1.82, 2.24) is 9.97 Å². The summed E-state index contributed by atoms with van der Waals surface area (Å²) in [5, 5.41) is 0.0722. The molecule has 1 rings (SSSR count). The average molecular weight is 179 g/mol. The topological polar surface area (TPSA) is 25.8 Å². The minimum absolute atomic E-state index is 0.0722. The molecular formula is C6H5ClF2N2. The second kappa shape index (κ2) is 3.57. The molecular weight excluding hydrogens is 174 g/mol. The van der Waals surface area contributed by atoms with Gasteiger partial charge in [-0.2, -0.15) is 0 Å². The predicted molar refractivity (Wildman–Crippen MR) is 36.8 cm³/mol. The zero-order valence-electron chi connectivity index (χ0n) is 5.47. The number of hydrogen-bond acceptors (Lipinski definition) is 2. The van der Waals surface area contributed by atoms with E-state index in [-0.39, 0.29) is 11.7 Å². The Labute approximate surface area is 67.2 Å². The van der Waals surface area contributed by atoms with Crippen molar-refractivity contribution in [3.63, 3.8) is 0 Å². The molecule has 0 bridgehead atoms. The summed E-state index contributed by atoms with van der Waals surface area (Å²) in [6.07, 6.45) is -0.0973. The van der Waals surface area contributed by atoms with E-state index in [4.69, 9.17) is 11.6 Å². The minimum Gasteiger partial charge on any atom is -0.226 e. The molecule has 0 atom stereocenters. The maximum atomic E-state index is 11.7. The van der Waals surface area contributed by atoms with Gasteiger partial charge in [0.15, 0.2) is 0 Å². The molecule has 11 heavy (non-hydrogen) atoms. The quantitative estimate of drug-likeness (QED) is 0.647. The van der Waals surface area contributed by atoms with Gasteiger partial charge in [-0.15, -0.1) is 0 Å². The Balaban J connectivity index is 2.66. The van der Waals surface area contributed by atoms with Crippen LogP contribution in [-0.2, 0) is 6.42 Å². The first-order chi connectivity index (χ1) is 5.18. The Hall–Kier alpha value is -0.770. The van der Waals surface area contributed by atoms with Crippen molar-refractivity contribution >= 4 is 11.6 Å². The third kappa shape index (κ3) is 2.76. The van der Waals surface area contributed by atoms with Crippen LogP contribution in [0.5, 0.6) is 0 Å². The number of nitrogens with zero attached hydrogens (tertiary/aromatic N) is 2. The molecule has 0 aliphatic heterocycles. The molecule has 0 aromatic carbocycles. The Morgan fingerprint density at radius 3 is 2.36 bits per heavy atom. The van der Waals surface area contributed by atoms with Gasteiger partial charge in [-0.05, 0) is 17.2 Å². The maximum Gasteiger partial charge on any atom is 0.242 e. The average Bonchev–Trinajstić information content (AvgIpc) is 1.93. The van der Waals surface area contributed by atoms with Crippen LogP contribution in [0.1, 0.15) is 5.56 Å². The van der Waals surface area contributed by atoms with Crippen molar-refractivity contribution in [2.24, 2.45) is 0 Å². The molecule has 1 aromatic rings. The van der Waals surface area contributed by atoms with Crippen molar-refractivity contribution in [3.05, 3.63) is 23.2 Å². The Morgan fingerprint density at radius 1 is 1.36 bits per heavy atom. The van der Waals surface area contributed by atoms with Crippen LogP contribution in [0.3, 0.4) is 0 Å². The lowest BCUT2D eigenvalue weighted by Gasteiger charge is -1.97. The zero-order chi connectivity index (χ0) is 8.27. The van der Waals surface area contributed by atoms with Gasteiger partial charge in [0.1, 0.15) is 0 Å². The van der Waals surface area contributed by atoms with E-state index in [1.54, 1.807) is 0 Å². The highest BCUT2D eigenvalue weighted by Crippen LogP contribution is 2.06. The fourth-order valence-electron chi connectivity index (χ4n) is 0.623. The summed E-state index contributed by atoms with van der Waals surface area (Å²) in [6, 6.07) is 0. The Morgan fingerprint density at radius 2 is 1.91 bits per heavy atom. The normalized spacial score (nSPS) is 10.5. The predicted octanol–water partition coefficient (Wildman–Crippen LogP) is 1.94. The third-order valence-electron chi connectivity index (χ3n) is 1.06. The summed E-state index contributed by atoms with van der Waals surface area (Å²) in [5.74, 6) is 0. The van der Waals surface area contributed by atoms with E-state index in [2.05, 4.69) is 9.97 Å². The number of aromatic nitrogens is 2. The number of hydrogen-bond donors (Lipinski definition) is 0. The van der Waals surface area contributed by atoms with Gasteiger partial charge in [0, 0.05) is 18.8 Å². The van der Waals surface area contributed by atoms with Gasteiger partial charge in [-0.3, -0.25) is 0 Å². The Bertz CT molecular complexity index is 225. The standard InChI is InChI=1S/C6H5ClF2N2/c7-6-10-2-4(3-11-6)1-5(8)9/h2-3,5H,1H2. The highest BCUT2D eigenvalue weighted by molar-refractivity contribution is 6.28. The molecule has 0 saturated heterocycles. The van der Waals surface area contributed by atoms with Crippen LogP contribution in [-0.4, -0.2) is 16.4 Å². The summed E-state index contributed by atoms with van der Waals surface area (Å²) in [7, 11) is 0. The second-order valence-corrected chi connectivity index (χ2v) is 2.29. The molecule has 0 saturated carbocycles. The lowest BCUT2D eigenvalue weighted by Crippen LogP contribution is -1.97. The van der Waals surface area contributed by atoms with Gasteiger partial charge in [0.25, 0.3) is 0 Å². The van der Waals surface area contributed by atoms with Crippen molar-refractivity contribution in [2.75, 3.05) is 0 Å². The van der Waals surface area contributed by atoms with E-state index in [1.165, 1.54) is 12.4 Å². The molecule has 1 heterocycles. The van der Waals surface area contributed by atoms with Gasteiger partial charge in [-0.1, -0.05) is 0 Å². The molecule has 0 aliphatic rings. The molecule has 0 aliphatic carbocycles. The first-order valence-electron chi connectivity index (χ1n) is 2.93. The van der Waals surface area contributed by atoms with Crippen molar-refractivity contribution < 1.29 is 8.78 Å². The van der Waals surface area contributed by atoms with Crippen molar-refractivity contribution in [3.8, 4) is 0 Å². The first kappa shape index (κ1) is 8.33. The molecule has 2 nitrogen and oxygen atoms in total. The summed E-state index contributed by atoms with van der Waals surface area (Å²) < 4.78 is 23.5. The van der Waals surface area contributed by atoms with Gasteiger partial charge in [0.05, 0.1) is 0 Å². The first-order valence-corrected chi connectivity index (χ1v) is 3.31. The second-order valence-electron chi connectivity index (χ2n) is 1.96. The fraction of sp³-hybridized carbons (Fsp3) is 0.333. The van der Waals surface area contributed by atoms with Crippen molar-refractivity contribution in [2.45, 2.75) is 12.8 Å². The van der Waals surface area contributed by atoms with Gasteiger partial charge in [-0.25, -0.2) is 18.7 Å². The molecule has 0 amide bonds. The van der Waals surface area contributed by atoms with Crippen LogP contribution >= 0.6 is 11.6 Å². The van der Waals surface area contributed by atoms with Gasteiger partial charge in [0.2, 0.25) is 11.7 Å². The highest BCUT2D eigenvalue weighted by Gasteiger charge is 2.04. The van der Waals surface area contributed by atoms with Crippen LogP contribution in [0.4, 0.5) is 8.78 Å². The summed E-state index contributed by atoms with van der Waals surface area (Å²) >= 11 is 5.34. The minimum atomic E-state index is -2.36. The zero-order valence-corrected chi connectivity index (χ0v) is 6.22. The molecule has 0 radical (unpaired) electrons. The number of rotatable bonds is 2. The maximum absolute atomic E-state index is 11.7. The van der Waals surface area contributed by atoms with Crippen LogP contribution in [0.15, 0.2) is 12.4 Å². The van der Waals surface area contributed by atoms with Crippen LogP contribution in [0.2, 0.25) is 5.28 Å². The van der Waals surface area contributed by atoms with Gasteiger partial charge < -0.3 is 0 Å². The number of halogens is 3. The molecule has 0 fully saturated rings. The fourth-order valence-corrected chi connectivity index (χ4v) is 0.720. The van der Waals surface area contributed by atoms with E-state index in [9.17, 15) is 8.78 Å². The van der Waals surface area contributed by atoms with Crippen LogP contribution in [0.25, 0.3) is 0 Å². The molecule has 60 valence electrons. The van der Waals surface area contributed by atoms with Crippen LogP contribution in [0, 0.1) is 0 Å². The SMILES string of the molecule is FC(F)Cc1cnc(Cl)nc1. The largest absolute Gasteiger partial charge is 0.242 e. The molecule has 0 unspecified atom stereocenters. The van der Waals surface area contributed by atoms with Crippen LogP contribution < -0.4 is 0 Å². The van der Waals surface area contributed by atoms with E-state index in [1.807, 2.05) is 0 Å². The molecule has 1 aromatic heterocycles. The summed E-state index contributed by atoms with van der Waals surface area (Å²) in [5.41, 5.74) is 0.393. The lowest BCUT2D eigenvalue weighted by atomic mass is 10.2. The monoisotopic (exact) mass is 178 g/mol. The molecule has 0 N–H and O–H groups in total. The summed E-state index contributed by atoms with van der Waals surface area (Å²) in [4.78, 5) is 7.11. The van der Waals surface area contributed by atoms with E-state index >= 15 is 0 Å². The van der Waals surface area contributed by atoms with Crippen molar-refractivity contribution in [1.29, 1.82) is 0 Å².